The molecule has 1 aromatic rings. The summed E-state index contributed by atoms with van der Waals surface area (Å²) in [6.45, 7) is 6.11. The first kappa shape index (κ1) is 14.3. The van der Waals surface area contributed by atoms with Crippen LogP contribution in [0.3, 0.4) is 0 Å². The minimum Gasteiger partial charge on any atom is -0.481 e. The van der Waals surface area contributed by atoms with Crippen LogP contribution in [-0.4, -0.2) is 47.5 Å². The van der Waals surface area contributed by atoms with Crippen molar-refractivity contribution < 1.29 is 4.74 Å². The molecule has 1 heterocycles. The molecule has 19 heavy (non-hydrogen) atoms. The number of likely N-dealkylation sites (N-methyl/N-ethyl adjacent to an activating group) is 1. The standard InChI is InChI=1S/C14H26N4O/c1-10(17(3)12-6-7-12)8-15-9-13-11(2)16-18(4)14(13)19-5/h10,12,15H,6-9H2,1-5H3. The first-order valence-corrected chi connectivity index (χ1v) is 7.03. The van der Waals surface area contributed by atoms with E-state index in [9.17, 15) is 0 Å². The molecule has 1 N–H and O–H groups in total. The van der Waals surface area contributed by atoms with Crippen LogP contribution in [0.25, 0.3) is 0 Å². The van der Waals surface area contributed by atoms with Gasteiger partial charge < -0.3 is 10.1 Å². The maximum Gasteiger partial charge on any atom is 0.216 e. The van der Waals surface area contributed by atoms with Crippen LogP contribution in [0.15, 0.2) is 0 Å². The van der Waals surface area contributed by atoms with Gasteiger partial charge in [-0.15, -0.1) is 0 Å². The van der Waals surface area contributed by atoms with E-state index >= 15 is 0 Å². The normalized spacial score (nSPS) is 16.9. The van der Waals surface area contributed by atoms with E-state index in [0.29, 0.717) is 6.04 Å². The molecule has 1 aliphatic rings. The predicted molar refractivity (Wildman–Crippen MR) is 76.5 cm³/mol. The lowest BCUT2D eigenvalue weighted by Gasteiger charge is -2.24. The van der Waals surface area contributed by atoms with Gasteiger partial charge in [0, 0.05) is 32.2 Å². The Bertz CT molecular complexity index is 425. The maximum absolute atomic E-state index is 5.40. The van der Waals surface area contributed by atoms with E-state index in [0.717, 1.165) is 36.3 Å². The number of ether oxygens (including phenoxy) is 1. The van der Waals surface area contributed by atoms with Crippen LogP contribution >= 0.6 is 0 Å². The molecule has 0 aromatic carbocycles. The van der Waals surface area contributed by atoms with Crippen molar-refractivity contribution in [2.24, 2.45) is 7.05 Å². The van der Waals surface area contributed by atoms with E-state index < -0.39 is 0 Å². The van der Waals surface area contributed by atoms with Crippen LogP contribution in [0.2, 0.25) is 0 Å². The number of nitrogens with zero attached hydrogens (tertiary/aromatic N) is 3. The number of aromatic nitrogens is 2. The zero-order chi connectivity index (χ0) is 14.0. The van der Waals surface area contributed by atoms with Crippen LogP contribution in [0.1, 0.15) is 31.0 Å². The fourth-order valence-electron chi connectivity index (χ4n) is 2.53. The van der Waals surface area contributed by atoms with E-state index in [1.165, 1.54) is 12.8 Å². The van der Waals surface area contributed by atoms with Crippen LogP contribution in [0.4, 0.5) is 0 Å². The van der Waals surface area contributed by atoms with Crippen molar-refractivity contribution in [2.45, 2.75) is 45.3 Å². The highest BCUT2D eigenvalue weighted by Crippen LogP contribution is 2.26. The van der Waals surface area contributed by atoms with E-state index in [2.05, 4.69) is 29.3 Å². The molecule has 1 atom stereocenters. The zero-order valence-corrected chi connectivity index (χ0v) is 12.7. The number of hydrogen-bond acceptors (Lipinski definition) is 4. The van der Waals surface area contributed by atoms with E-state index in [1.807, 2.05) is 14.0 Å². The number of rotatable bonds is 7. The molecule has 0 saturated heterocycles. The highest BCUT2D eigenvalue weighted by molar-refractivity contribution is 5.30. The molecule has 1 unspecified atom stereocenters. The summed E-state index contributed by atoms with van der Waals surface area (Å²) in [7, 11) is 5.84. The number of nitrogens with one attached hydrogen (secondary N) is 1. The second-order valence-electron chi connectivity index (χ2n) is 5.57. The Balaban J connectivity index is 1.85. The van der Waals surface area contributed by atoms with Crippen molar-refractivity contribution in [3.05, 3.63) is 11.3 Å². The molecule has 1 aliphatic carbocycles. The molecule has 0 bridgehead atoms. The summed E-state index contributed by atoms with van der Waals surface area (Å²) < 4.78 is 7.20. The number of methoxy groups -OCH3 is 1. The molecular weight excluding hydrogens is 240 g/mol. The molecule has 0 aliphatic heterocycles. The van der Waals surface area contributed by atoms with Gasteiger partial charge in [0.1, 0.15) is 0 Å². The smallest absolute Gasteiger partial charge is 0.216 e. The van der Waals surface area contributed by atoms with Crippen molar-refractivity contribution in [3.63, 3.8) is 0 Å². The van der Waals surface area contributed by atoms with Crippen LogP contribution in [0, 0.1) is 6.92 Å². The topological polar surface area (TPSA) is 42.3 Å². The second kappa shape index (κ2) is 5.92. The van der Waals surface area contributed by atoms with Gasteiger partial charge >= 0.3 is 0 Å². The SMILES string of the molecule is COc1c(CNCC(C)N(C)C2CC2)c(C)nn1C. The summed E-state index contributed by atoms with van der Waals surface area (Å²) in [5, 5.41) is 7.91. The minimum atomic E-state index is 0.565. The van der Waals surface area contributed by atoms with E-state index in [1.54, 1.807) is 11.8 Å². The minimum absolute atomic E-state index is 0.565. The zero-order valence-electron chi connectivity index (χ0n) is 12.7. The lowest BCUT2D eigenvalue weighted by atomic mass is 10.2. The van der Waals surface area contributed by atoms with Gasteiger partial charge in [0.25, 0.3) is 0 Å². The molecule has 1 saturated carbocycles. The summed E-state index contributed by atoms with van der Waals surface area (Å²) in [6.07, 6.45) is 2.72. The predicted octanol–water partition coefficient (Wildman–Crippen LogP) is 1.31. The molecule has 0 spiro atoms. The molecular formula is C14H26N4O. The highest BCUT2D eigenvalue weighted by atomic mass is 16.5. The monoisotopic (exact) mass is 266 g/mol. The fraction of sp³-hybridized carbons (Fsp3) is 0.786. The highest BCUT2D eigenvalue weighted by Gasteiger charge is 2.28. The number of aryl methyl sites for hydroxylation is 2. The Kier molecular flexibility index (Phi) is 4.47. The Morgan fingerprint density at radius 1 is 1.53 bits per heavy atom. The van der Waals surface area contributed by atoms with Crippen LogP contribution in [-0.2, 0) is 13.6 Å². The third-order valence-electron chi connectivity index (χ3n) is 4.04. The Morgan fingerprint density at radius 3 is 2.79 bits per heavy atom. The molecule has 2 rings (SSSR count). The Morgan fingerprint density at radius 2 is 2.21 bits per heavy atom. The Hall–Kier alpha value is -1.07. The summed E-state index contributed by atoms with van der Waals surface area (Å²) in [6, 6.07) is 1.38. The molecule has 5 heteroatoms. The van der Waals surface area contributed by atoms with Crippen molar-refractivity contribution in [2.75, 3.05) is 20.7 Å². The van der Waals surface area contributed by atoms with Gasteiger partial charge in [-0.3, -0.25) is 4.90 Å². The summed E-state index contributed by atoms with van der Waals surface area (Å²) >= 11 is 0. The van der Waals surface area contributed by atoms with Gasteiger partial charge in [0.05, 0.1) is 18.4 Å². The average Bonchev–Trinajstić information content (AvgIpc) is 3.16. The van der Waals surface area contributed by atoms with Gasteiger partial charge in [-0.2, -0.15) is 5.10 Å². The first-order chi connectivity index (χ1) is 9.04. The van der Waals surface area contributed by atoms with Crippen LogP contribution < -0.4 is 10.1 Å². The summed E-state index contributed by atoms with van der Waals surface area (Å²) in [4.78, 5) is 2.47. The molecule has 5 nitrogen and oxygen atoms in total. The average molecular weight is 266 g/mol. The molecule has 0 amide bonds. The van der Waals surface area contributed by atoms with Gasteiger partial charge in [-0.05, 0) is 33.7 Å². The van der Waals surface area contributed by atoms with Crippen molar-refractivity contribution in [1.82, 2.24) is 20.0 Å². The van der Waals surface area contributed by atoms with Gasteiger partial charge in [-0.1, -0.05) is 0 Å². The van der Waals surface area contributed by atoms with Crippen molar-refractivity contribution >= 4 is 0 Å². The largest absolute Gasteiger partial charge is 0.481 e. The van der Waals surface area contributed by atoms with Crippen LogP contribution in [0.5, 0.6) is 5.88 Å². The van der Waals surface area contributed by atoms with E-state index in [-0.39, 0.29) is 0 Å². The molecule has 0 radical (unpaired) electrons. The quantitative estimate of drug-likeness (QED) is 0.808. The third-order valence-corrected chi connectivity index (χ3v) is 4.04. The molecule has 1 aromatic heterocycles. The fourth-order valence-corrected chi connectivity index (χ4v) is 2.53. The van der Waals surface area contributed by atoms with Gasteiger partial charge in [0.15, 0.2) is 0 Å². The second-order valence-corrected chi connectivity index (χ2v) is 5.57. The van der Waals surface area contributed by atoms with Gasteiger partial charge in [-0.25, -0.2) is 4.68 Å². The Labute approximate surface area is 115 Å². The van der Waals surface area contributed by atoms with E-state index in [4.69, 9.17) is 4.74 Å². The lowest BCUT2D eigenvalue weighted by molar-refractivity contribution is 0.240. The number of hydrogen-bond donors (Lipinski definition) is 1. The lowest BCUT2D eigenvalue weighted by Crippen LogP contribution is -2.39. The molecule has 1 fully saturated rings. The van der Waals surface area contributed by atoms with Gasteiger partial charge in [0.2, 0.25) is 5.88 Å². The first-order valence-electron chi connectivity index (χ1n) is 7.03. The third kappa shape index (κ3) is 3.28. The van der Waals surface area contributed by atoms with Crippen molar-refractivity contribution in [3.8, 4) is 5.88 Å². The van der Waals surface area contributed by atoms with Crippen molar-refractivity contribution in [1.29, 1.82) is 0 Å². The maximum atomic E-state index is 5.40. The summed E-state index contributed by atoms with van der Waals surface area (Å²) in [5.41, 5.74) is 2.20. The molecule has 108 valence electrons. The summed E-state index contributed by atoms with van der Waals surface area (Å²) in [5.74, 6) is 0.855.